The van der Waals surface area contributed by atoms with Gasteiger partial charge in [0.2, 0.25) is 0 Å². The molecule has 1 aliphatic carbocycles. The Labute approximate surface area is 135 Å². The third-order valence-corrected chi connectivity index (χ3v) is 4.39. The van der Waals surface area contributed by atoms with Crippen LogP contribution >= 0.6 is 23.2 Å². The number of nitrogens with zero attached hydrogens (tertiary/aromatic N) is 2. The zero-order valence-electron chi connectivity index (χ0n) is 11.6. The highest BCUT2D eigenvalue weighted by atomic mass is 35.5. The number of halogens is 5. The molecular weight excluding hydrogens is 336 g/mol. The largest absolute Gasteiger partial charge is 0.416 e. The van der Waals surface area contributed by atoms with E-state index in [-0.39, 0.29) is 10.0 Å². The third kappa shape index (κ3) is 2.97. The average Bonchev–Trinajstić information content (AvgIpc) is 2.67. The summed E-state index contributed by atoms with van der Waals surface area (Å²) in [5.41, 5.74) is 1.53. The summed E-state index contributed by atoms with van der Waals surface area (Å²) in [5, 5.41) is 4.35. The summed E-state index contributed by atoms with van der Waals surface area (Å²) >= 11 is 12.1. The normalized spacial score (nSPS) is 15.5. The van der Waals surface area contributed by atoms with E-state index >= 15 is 0 Å². The molecule has 0 amide bonds. The lowest BCUT2D eigenvalue weighted by Crippen LogP contribution is -2.07. The van der Waals surface area contributed by atoms with E-state index in [1.54, 1.807) is 0 Å². The molecule has 0 atom stereocenters. The van der Waals surface area contributed by atoms with Crippen molar-refractivity contribution < 1.29 is 13.2 Å². The summed E-state index contributed by atoms with van der Waals surface area (Å²) in [6, 6.07) is 1.77. The van der Waals surface area contributed by atoms with Crippen molar-refractivity contribution in [1.82, 2.24) is 9.78 Å². The number of benzene rings is 1. The molecule has 3 rings (SSSR count). The van der Waals surface area contributed by atoms with Crippen LogP contribution in [0.3, 0.4) is 0 Å². The van der Waals surface area contributed by atoms with Gasteiger partial charge in [0.05, 0.1) is 21.3 Å². The molecule has 0 bridgehead atoms. The van der Waals surface area contributed by atoms with Crippen LogP contribution < -0.4 is 0 Å². The van der Waals surface area contributed by atoms with E-state index in [9.17, 15) is 13.2 Å². The molecule has 0 unspecified atom stereocenters. The second kappa shape index (κ2) is 5.78. The summed E-state index contributed by atoms with van der Waals surface area (Å²) in [4.78, 5) is 0. The standard InChI is InChI=1S/C15H13Cl2F3N2/c16-11-6-10(15(18,19)20)7-12(17)14(11)22-8-9-4-2-1-3-5-13(9)21-22/h6-8H,1-5H2. The molecule has 2 aromatic rings. The first-order chi connectivity index (χ1) is 10.4. The monoisotopic (exact) mass is 348 g/mol. The van der Waals surface area contributed by atoms with E-state index < -0.39 is 11.7 Å². The number of alkyl halides is 3. The topological polar surface area (TPSA) is 17.8 Å². The Hall–Kier alpha value is -1.20. The molecule has 1 aromatic carbocycles. The van der Waals surface area contributed by atoms with E-state index in [2.05, 4.69) is 5.10 Å². The summed E-state index contributed by atoms with van der Waals surface area (Å²) in [6.45, 7) is 0. The predicted octanol–water partition coefficient (Wildman–Crippen LogP) is 5.47. The highest BCUT2D eigenvalue weighted by Gasteiger charge is 2.32. The van der Waals surface area contributed by atoms with Gasteiger partial charge in [0.25, 0.3) is 0 Å². The van der Waals surface area contributed by atoms with Gasteiger partial charge in [0.15, 0.2) is 0 Å². The van der Waals surface area contributed by atoms with Crippen LogP contribution in [0.15, 0.2) is 18.3 Å². The molecule has 0 radical (unpaired) electrons. The Bertz CT molecular complexity index is 661. The molecule has 0 fully saturated rings. The molecule has 1 aliphatic rings. The van der Waals surface area contributed by atoms with Gasteiger partial charge in [-0.15, -0.1) is 0 Å². The molecule has 7 heteroatoms. The maximum absolute atomic E-state index is 12.8. The first kappa shape index (κ1) is 15.7. The van der Waals surface area contributed by atoms with Gasteiger partial charge >= 0.3 is 6.18 Å². The van der Waals surface area contributed by atoms with Crippen molar-refractivity contribution in [3.8, 4) is 5.69 Å². The smallest absolute Gasteiger partial charge is 0.237 e. The molecule has 118 valence electrons. The van der Waals surface area contributed by atoms with Crippen LogP contribution in [0.1, 0.15) is 36.1 Å². The second-order valence-corrected chi connectivity index (χ2v) is 6.21. The number of hydrogen-bond acceptors (Lipinski definition) is 1. The van der Waals surface area contributed by atoms with Crippen LogP contribution in [0.5, 0.6) is 0 Å². The quantitative estimate of drug-likeness (QED) is 0.625. The number of rotatable bonds is 1. The minimum Gasteiger partial charge on any atom is -0.237 e. The molecule has 0 saturated heterocycles. The highest BCUT2D eigenvalue weighted by Crippen LogP contribution is 2.37. The fraction of sp³-hybridized carbons (Fsp3) is 0.400. The lowest BCUT2D eigenvalue weighted by atomic mass is 10.1. The lowest BCUT2D eigenvalue weighted by Gasteiger charge is -2.12. The van der Waals surface area contributed by atoms with Gasteiger partial charge in [0.1, 0.15) is 5.69 Å². The molecule has 2 nitrogen and oxygen atoms in total. The van der Waals surface area contributed by atoms with E-state index in [1.165, 1.54) is 4.68 Å². The Morgan fingerprint density at radius 3 is 2.27 bits per heavy atom. The molecule has 1 heterocycles. The number of fused-ring (bicyclic) bond motifs is 1. The number of hydrogen-bond donors (Lipinski definition) is 0. The van der Waals surface area contributed by atoms with E-state index in [0.29, 0.717) is 5.69 Å². The lowest BCUT2D eigenvalue weighted by molar-refractivity contribution is -0.137. The fourth-order valence-electron chi connectivity index (χ4n) is 2.71. The summed E-state index contributed by atoms with van der Waals surface area (Å²) in [6.07, 6.45) is 2.46. The molecular formula is C15H13Cl2F3N2. The van der Waals surface area contributed by atoms with E-state index in [0.717, 1.165) is 55.5 Å². The Balaban J connectivity index is 2.05. The van der Waals surface area contributed by atoms with E-state index in [1.807, 2.05) is 6.20 Å². The van der Waals surface area contributed by atoms with E-state index in [4.69, 9.17) is 23.2 Å². The molecule has 0 aliphatic heterocycles. The maximum Gasteiger partial charge on any atom is 0.416 e. The van der Waals surface area contributed by atoms with Crippen molar-refractivity contribution in [2.75, 3.05) is 0 Å². The average molecular weight is 349 g/mol. The van der Waals surface area contributed by atoms with Crippen LogP contribution in [-0.4, -0.2) is 9.78 Å². The SMILES string of the molecule is FC(F)(F)c1cc(Cl)c(-n2cc3c(n2)CCCCC3)c(Cl)c1. The summed E-state index contributed by atoms with van der Waals surface area (Å²) in [7, 11) is 0. The van der Waals surface area contributed by atoms with Gasteiger partial charge in [-0.05, 0) is 43.4 Å². The van der Waals surface area contributed by atoms with Gasteiger partial charge in [-0.25, -0.2) is 4.68 Å². The van der Waals surface area contributed by atoms with Crippen LogP contribution in [-0.2, 0) is 19.0 Å². The summed E-state index contributed by atoms with van der Waals surface area (Å²) < 4.78 is 39.8. The molecule has 0 saturated carbocycles. The van der Waals surface area contributed by atoms with Crippen molar-refractivity contribution in [1.29, 1.82) is 0 Å². The Morgan fingerprint density at radius 1 is 1.00 bits per heavy atom. The first-order valence-corrected chi connectivity index (χ1v) is 7.76. The molecule has 0 N–H and O–H groups in total. The van der Waals surface area contributed by atoms with Crippen LogP contribution in [0.4, 0.5) is 13.2 Å². The van der Waals surface area contributed by atoms with Gasteiger partial charge in [-0.3, -0.25) is 0 Å². The highest BCUT2D eigenvalue weighted by molar-refractivity contribution is 6.37. The molecule has 1 aromatic heterocycles. The van der Waals surface area contributed by atoms with Crippen molar-refractivity contribution in [2.45, 2.75) is 38.3 Å². The molecule has 0 spiro atoms. The second-order valence-electron chi connectivity index (χ2n) is 5.39. The Morgan fingerprint density at radius 2 is 1.64 bits per heavy atom. The summed E-state index contributed by atoms with van der Waals surface area (Å²) in [5.74, 6) is 0. The number of aromatic nitrogens is 2. The van der Waals surface area contributed by atoms with Crippen LogP contribution in [0, 0.1) is 0 Å². The zero-order valence-corrected chi connectivity index (χ0v) is 13.1. The first-order valence-electron chi connectivity index (χ1n) is 7.00. The van der Waals surface area contributed by atoms with Gasteiger partial charge in [-0.1, -0.05) is 29.6 Å². The Kier molecular flexibility index (Phi) is 4.12. The van der Waals surface area contributed by atoms with Crippen molar-refractivity contribution in [2.24, 2.45) is 0 Å². The van der Waals surface area contributed by atoms with Crippen molar-refractivity contribution in [3.63, 3.8) is 0 Å². The van der Waals surface area contributed by atoms with Gasteiger partial charge in [0, 0.05) is 6.20 Å². The zero-order chi connectivity index (χ0) is 15.9. The predicted molar refractivity (Wildman–Crippen MR) is 79.8 cm³/mol. The van der Waals surface area contributed by atoms with Crippen LogP contribution in [0.25, 0.3) is 5.69 Å². The fourth-order valence-corrected chi connectivity index (χ4v) is 3.37. The number of aryl methyl sites for hydroxylation is 2. The minimum atomic E-state index is -4.48. The van der Waals surface area contributed by atoms with Crippen molar-refractivity contribution >= 4 is 23.2 Å². The third-order valence-electron chi connectivity index (χ3n) is 3.81. The van der Waals surface area contributed by atoms with Crippen LogP contribution in [0.2, 0.25) is 10.0 Å². The minimum absolute atomic E-state index is 0.0579. The maximum atomic E-state index is 12.8. The van der Waals surface area contributed by atoms with Crippen molar-refractivity contribution in [3.05, 3.63) is 45.2 Å². The van der Waals surface area contributed by atoms with Gasteiger partial charge < -0.3 is 0 Å². The van der Waals surface area contributed by atoms with Gasteiger partial charge in [-0.2, -0.15) is 18.3 Å². The molecule has 22 heavy (non-hydrogen) atoms.